The van der Waals surface area contributed by atoms with E-state index in [-0.39, 0.29) is 5.82 Å². The summed E-state index contributed by atoms with van der Waals surface area (Å²) >= 11 is 0. The van der Waals surface area contributed by atoms with E-state index in [9.17, 15) is 9.18 Å². The van der Waals surface area contributed by atoms with Crippen LogP contribution in [-0.2, 0) is 4.79 Å². The van der Waals surface area contributed by atoms with Crippen LogP contribution < -0.4 is 0 Å². The van der Waals surface area contributed by atoms with Gasteiger partial charge in [-0.15, -0.1) is 0 Å². The lowest BCUT2D eigenvalue weighted by Crippen LogP contribution is -2.17. The monoisotopic (exact) mass is 216 g/mol. The van der Waals surface area contributed by atoms with Crippen molar-refractivity contribution in [1.29, 1.82) is 0 Å². The molecule has 2 rings (SSSR count). The topological polar surface area (TPSA) is 17.1 Å². The second-order valence-electron chi connectivity index (χ2n) is 4.36. The third-order valence-corrected chi connectivity index (χ3v) is 2.83. The average molecular weight is 216 g/mol. The molecule has 1 aromatic rings. The molecule has 1 aliphatic rings. The van der Waals surface area contributed by atoms with Crippen molar-refractivity contribution in [3.8, 4) is 0 Å². The van der Waals surface area contributed by atoms with E-state index >= 15 is 0 Å². The normalized spacial score (nSPS) is 24.0. The van der Waals surface area contributed by atoms with Crippen LogP contribution in [0.2, 0.25) is 0 Å². The quantitative estimate of drug-likeness (QED) is 0.693. The molecule has 0 N–H and O–H groups in total. The number of halogens is 1. The van der Waals surface area contributed by atoms with Gasteiger partial charge in [-0.05, 0) is 36.6 Å². The second kappa shape index (κ2) is 4.05. The maximum Gasteiger partial charge on any atom is 0.129 e. The summed E-state index contributed by atoms with van der Waals surface area (Å²) < 4.78 is 12.8. The zero-order valence-corrected chi connectivity index (χ0v) is 9.11. The Balaban J connectivity index is 2.30. The first-order chi connectivity index (χ1) is 7.63. The maximum absolute atomic E-state index is 12.8. The van der Waals surface area contributed by atoms with Crippen molar-refractivity contribution >= 4 is 11.9 Å². The van der Waals surface area contributed by atoms with Gasteiger partial charge in [0.25, 0.3) is 0 Å². The molecule has 1 atom stereocenters. The number of carbonyl (C=O) groups excluding carboxylic acids is 1. The number of allylic oxidation sites excluding steroid dienone is 4. The summed E-state index contributed by atoms with van der Waals surface area (Å²) in [5.41, 5.74) is 1.61. The predicted octanol–water partition coefficient (Wildman–Crippen LogP) is 3.37. The zero-order valence-electron chi connectivity index (χ0n) is 9.11. The van der Waals surface area contributed by atoms with Crippen LogP contribution >= 0.6 is 0 Å². The van der Waals surface area contributed by atoms with Crippen LogP contribution in [0.15, 0.2) is 42.5 Å². The molecule has 0 saturated heterocycles. The number of rotatable bonds is 2. The largest absolute Gasteiger partial charge is 0.302 e. The minimum absolute atomic E-state index is 0.242. The van der Waals surface area contributed by atoms with E-state index in [1.807, 2.05) is 25.2 Å². The van der Waals surface area contributed by atoms with Crippen molar-refractivity contribution < 1.29 is 9.18 Å². The van der Waals surface area contributed by atoms with Crippen molar-refractivity contribution in [2.75, 3.05) is 0 Å². The fourth-order valence-electron chi connectivity index (χ4n) is 1.86. The smallest absolute Gasteiger partial charge is 0.129 e. The molecule has 82 valence electrons. The molecule has 0 spiro atoms. The van der Waals surface area contributed by atoms with Gasteiger partial charge < -0.3 is 4.79 Å². The van der Waals surface area contributed by atoms with Gasteiger partial charge in [0.05, 0.1) is 0 Å². The van der Waals surface area contributed by atoms with Gasteiger partial charge in [0.15, 0.2) is 0 Å². The van der Waals surface area contributed by atoms with Crippen LogP contribution in [0, 0.1) is 11.2 Å². The Morgan fingerprint density at radius 1 is 1.31 bits per heavy atom. The summed E-state index contributed by atoms with van der Waals surface area (Å²) in [5.74, 6) is -0.242. The molecule has 1 aliphatic carbocycles. The van der Waals surface area contributed by atoms with Crippen LogP contribution in [0.5, 0.6) is 0 Å². The Labute approximate surface area is 94.3 Å². The number of aldehydes is 1. The van der Waals surface area contributed by atoms with Gasteiger partial charge in [-0.25, -0.2) is 4.39 Å². The molecule has 1 unspecified atom stereocenters. The second-order valence-corrected chi connectivity index (χ2v) is 4.36. The van der Waals surface area contributed by atoms with E-state index in [4.69, 9.17) is 0 Å². The Hall–Kier alpha value is -1.70. The number of hydrogen-bond acceptors (Lipinski definition) is 1. The Morgan fingerprint density at radius 3 is 2.62 bits per heavy atom. The molecule has 1 aromatic carbocycles. The molecule has 16 heavy (non-hydrogen) atoms. The first-order valence-electron chi connectivity index (χ1n) is 5.24. The molecule has 2 heteroatoms. The average Bonchev–Trinajstić information content (AvgIpc) is 2.30. The van der Waals surface area contributed by atoms with Crippen LogP contribution in [0.1, 0.15) is 18.9 Å². The van der Waals surface area contributed by atoms with E-state index < -0.39 is 5.41 Å². The van der Waals surface area contributed by atoms with Gasteiger partial charge >= 0.3 is 0 Å². The zero-order chi connectivity index (χ0) is 11.6. The highest BCUT2D eigenvalue weighted by Crippen LogP contribution is 2.34. The fraction of sp³-hybridized carbons (Fsp3) is 0.214. The number of hydrogen-bond donors (Lipinski definition) is 0. The summed E-state index contributed by atoms with van der Waals surface area (Å²) in [5, 5.41) is 0. The molecule has 0 aromatic heterocycles. The molecule has 0 radical (unpaired) electrons. The molecule has 1 nitrogen and oxygen atoms in total. The third-order valence-electron chi connectivity index (χ3n) is 2.83. The Bertz CT molecular complexity index is 456. The summed E-state index contributed by atoms with van der Waals surface area (Å²) in [6, 6.07) is 6.36. The summed E-state index contributed by atoms with van der Waals surface area (Å²) in [4.78, 5) is 11.0. The molecule has 0 amide bonds. The van der Waals surface area contributed by atoms with Gasteiger partial charge in [-0.1, -0.05) is 30.4 Å². The van der Waals surface area contributed by atoms with Crippen LogP contribution in [0.3, 0.4) is 0 Å². The molecule has 0 heterocycles. The maximum atomic E-state index is 12.8. The van der Waals surface area contributed by atoms with Gasteiger partial charge in [0.2, 0.25) is 0 Å². The van der Waals surface area contributed by atoms with Gasteiger partial charge in [-0.3, -0.25) is 0 Å². The third kappa shape index (κ3) is 2.11. The Morgan fingerprint density at radius 2 is 2.00 bits per heavy atom. The first kappa shape index (κ1) is 10.8. The molecular formula is C14H13FO. The van der Waals surface area contributed by atoms with E-state index in [1.165, 1.54) is 12.1 Å². The predicted molar refractivity (Wildman–Crippen MR) is 62.3 cm³/mol. The molecule has 0 saturated carbocycles. The lowest BCUT2D eigenvalue weighted by molar-refractivity contribution is -0.113. The minimum Gasteiger partial charge on any atom is -0.302 e. The van der Waals surface area contributed by atoms with Gasteiger partial charge in [0.1, 0.15) is 12.1 Å². The van der Waals surface area contributed by atoms with Crippen LogP contribution in [-0.4, -0.2) is 6.29 Å². The lowest BCUT2D eigenvalue weighted by atomic mass is 9.79. The molecular weight excluding hydrogens is 203 g/mol. The first-order valence-corrected chi connectivity index (χ1v) is 5.24. The fourth-order valence-corrected chi connectivity index (χ4v) is 1.86. The van der Waals surface area contributed by atoms with Crippen molar-refractivity contribution in [1.82, 2.24) is 0 Å². The van der Waals surface area contributed by atoms with E-state index in [1.54, 1.807) is 12.1 Å². The number of benzene rings is 1. The van der Waals surface area contributed by atoms with E-state index in [0.717, 1.165) is 17.4 Å². The van der Waals surface area contributed by atoms with E-state index in [2.05, 4.69) is 0 Å². The highest BCUT2D eigenvalue weighted by atomic mass is 19.1. The highest BCUT2D eigenvalue weighted by molar-refractivity contribution is 5.75. The van der Waals surface area contributed by atoms with Gasteiger partial charge in [-0.2, -0.15) is 0 Å². The van der Waals surface area contributed by atoms with Crippen LogP contribution in [0.4, 0.5) is 4.39 Å². The molecule has 0 aliphatic heterocycles. The summed E-state index contributed by atoms with van der Waals surface area (Å²) in [6.45, 7) is 1.90. The van der Waals surface area contributed by atoms with Gasteiger partial charge in [0, 0.05) is 5.41 Å². The van der Waals surface area contributed by atoms with Crippen molar-refractivity contribution in [3.05, 3.63) is 53.9 Å². The molecule has 0 bridgehead atoms. The van der Waals surface area contributed by atoms with Crippen molar-refractivity contribution in [2.24, 2.45) is 5.41 Å². The van der Waals surface area contributed by atoms with Crippen LogP contribution in [0.25, 0.3) is 5.57 Å². The van der Waals surface area contributed by atoms with Crippen molar-refractivity contribution in [3.63, 3.8) is 0 Å². The van der Waals surface area contributed by atoms with Crippen molar-refractivity contribution in [2.45, 2.75) is 13.3 Å². The number of carbonyl (C=O) groups is 1. The Kier molecular flexibility index (Phi) is 2.73. The SMILES string of the molecule is CC1(C=O)C=CC=C(c2ccc(F)cc2)C1. The lowest BCUT2D eigenvalue weighted by Gasteiger charge is -2.23. The minimum atomic E-state index is -0.432. The highest BCUT2D eigenvalue weighted by Gasteiger charge is 2.24. The summed E-state index contributed by atoms with van der Waals surface area (Å²) in [7, 11) is 0. The standard InChI is InChI=1S/C14H13FO/c1-14(10-16)8-2-3-12(9-14)11-4-6-13(15)7-5-11/h2-8,10H,9H2,1H3. The summed E-state index contributed by atoms with van der Waals surface area (Å²) in [6.07, 6.45) is 7.38. The van der Waals surface area contributed by atoms with E-state index in [0.29, 0.717) is 6.42 Å². The molecule has 0 fully saturated rings.